The number of carbonyl (C=O) groups is 1. The first-order valence-electron chi connectivity index (χ1n) is 7.86. The third kappa shape index (κ3) is 3.32. The first kappa shape index (κ1) is 17.6. The lowest BCUT2D eigenvalue weighted by Gasteiger charge is -2.08. The molecule has 0 aliphatic heterocycles. The lowest BCUT2D eigenvalue weighted by molar-refractivity contribution is 0.102. The van der Waals surface area contributed by atoms with E-state index in [1.165, 1.54) is 11.3 Å². The zero-order valence-corrected chi connectivity index (χ0v) is 16.3. The lowest BCUT2D eigenvalue weighted by Crippen LogP contribution is -2.12. The van der Waals surface area contributed by atoms with Crippen LogP contribution in [0.15, 0.2) is 18.2 Å². The summed E-state index contributed by atoms with van der Waals surface area (Å²) in [5.74, 6) is -0.166. The van der Waals surface area contributed by atoms with Crippen LogP contribution in [0.4, 0.5) is 5.69 Å². The number of nitrogens with one attached hydrogen (secondary N) is 1. The number of aromatic nitrogens is 3. The van der Waals surface area contributed by atoms with Gasteiger partial charge in [0.2, 0.25) is 5.13 Å². The SMILES string of the molecule is Cc1ccc(NC(=O)c2sc(-n3nc(C)c(Cl)c3C)nc2C)c(C)c1. The van der Waals surface area contributed by atoms with E-state index in [-0.39, 0.29) is 5.91 Å². The molecule has 0 radical (unpaired) electrons. The number of halogens is 1. The van der Waals surface area contributed by atoms with Gasteiger partial charge in [-0.1, -0.05) is 40.6 Å². The second kappa shape index (κ2) is 6.61. The molecular formula is C18H19ClN4OS. The molecule has 5 nitrogen and oxygen atoms in total. The molecule has 25 heavy (non-hydrogen) atoms. The van der Waals surface area contributed by atoms with E-state index in [0.29, 0.717) is 20.7 Å². The number of anilines is 1. The van der Waals surface area contributed by atoms with E-state index in [1.807, 2.05) is 52.8 Å². The minimum atomic E-state index is -0.166. The highest BCUT2D eigenvalue weighted by Crippen LogP contribution is 2.27. The quantitative estimate of drug-likeness (QED) is 0.717. The number of hydrogen-bond acceptors (Lipinski definition) is 4. The zero-order valence-electron chi connectivity index (χ0n) is 14.8. The van der Waals surface area contributed by atoms with E-state index in [0.717, 1.165) is 28.2 Å². The van der Waals surface area contributed by atoms with E-state index in [4.69, 9.17) is 11.6 Å². The summed E-state index contributed by atoms with van der Waals surface area (Å²) >= 11 is 7.51. The van der Waals surface area contributed by atoms with Crippen LogP contribution in [0.5, 0.6) is 0 Å². The molecule has 7 heteroatoms. The van der Waals surface area contributed by atoms with Crippen molar-refractivity contribution in [1.82, 2.24) is 14.8 Å². The van der Waals surface area contributed by atoms with E-state index >= 15 is 0 Å². The number of hydrogen-bond donors (Lipinski definition) is 1. The van der Waals surface area contributed by atoms with Crippen LogP contribution in [0.25, 0.3) is 5.13 Å². The minimum absolute atomic E-state index is 0.166. The van der Waals surface area contributed by atoms with Gasteiger partial charge in [-0.3, -0.25) is 4.79 Å². The van der Waals surface area contributed by atoms with Gasteiger partial charge in [0, 0.05) is 5.69 Å². The molecule has 0 saturated carbocycles. The van der Waals surface area contributed by atoms with Crippen molar-refractivity contribution in [3.8, 4) is 5.13 Å². The molecule has 1 aromatic carbocycles. The molecule has 0 bridgehead atoms. The Morgan fingerprint density at radius 3 is 2.48 bits per heavy atom. The summed E-state index contributed by atoms with van der Waals surface area (Å²) in [5, 5.41) is 8.62. The van der Waals surface area contributed by atoms with Crippen LogP contribution in [-0.2, 0) is 0 Å². The van der Waals surface area contributed by atoms with Crippen LogP contribution < -0.4 is 5.32 Å². The Morgan fingerprint density at radius 1 is 1.16 bits per heavy atom. The van der Waals surface area contributed by atoms with Gasteiger partial charge in [0.1, 0.15) is 4.88 Å². The van der Waals surface area contributed by atoms with Crippen LogP contribution in [0, 0.1) is 34.6 Å². The van der Waals surface area contributed by atoms with Crippen LogP contribution in [0.2, 0.25) is 5.02 Å². The van der Waals surface area contributed by atoms with E-state index in [9.17, 15) is 4.79 Å². The molecule has 1 N–H and O–H groups in total. The molecule has 0 aliphatic rings. The molecule has 130 valence electrons. The van der Waals surface area contributed by atoms with Crippen molar-refractivity contribution < 1.29 is 4.79 Å². The highest BCUT2D eigenvalue weighted by Gasteiger charge is 2.20. The molecule has 0 atom stereocenters. The predicted molar refractivity (Wildman–Crippen MR) is 102 cm³/mol. The van der Waals surface area contributed by atoms with Crippen LogP contribution in [0.1, 0.15) is 37.9 Å². The number of rotatable bonds is 3. The van der Waals surface area contributed by atoms with Crippen molar-refractivity contribution in [1.29, 1.82) is 0 Å². The number of amides is 1. The third-order valence-electron chi connectivity index (χ3n) is 4.01. The molecule has 0 spiro atoms. The van der Waals surface area contributed by atoms with Crippen LogP contribution in [-0.4, -0.2) is 20.7 Å². The fourth-order valence-corrected chi connectivity index (χ4v) is 3.71. The summed E-state index contributed by atoms with van der Waals surface area (Å²) in [7, 11) is 0. The summed E-state index contributed by atoms with van der Waals surface area (Å²) in [6.45, 7) is 9.56. The number of carbonyl (C=O) groups excluding carboxylic acids is 1. The molecule has 0 saturated heterocycles. The summed E-state index contributed by atoms with van der Waals surface area (Å²) in [6.07, 6.45) is 0. The van der Waals surface area contributed by atoms with Gasteiger partial charge >= 0.3 is 0 Å². The Balaban J connectivity index is 1.91. The Hall–Kier alpha value is -2.18. The lowest BCUT2D eigenvalue weighted by atomic mass is 10.1. The maximum Gasteiger partial charge on any atom is 0.267 e. The van der Waals surface area contributed by atoms with Gasteiger partial charge < -0.3 is 5.32 Å². The summed E-state index contributed by atoms with van der Waals surface area (Å²) in [6, 6.07) is 5.94. The monoisotopic (exact) mass is 374 g/mol. The van der Waals surface area contributed by atoms with Gasteiger partial charge in [-0.05, 0) is 46.2 Å². The van der Waals surface area contributed by atoms with Crippen LogP contribution >= 0.6 is 22.9 Å². The molecule has 2 heterocycles. The van der Waals surface area contributed by atoms with Gasteiger partial charge in [-0.25, -0.2) is 9.67 Å². The molecule has 3 rings (SSSR count). The van der Waals surface area contributed by atoms with Crippen LogP contribution in [0.3, 0.4) is 0 Å². The van der Waals surface area contributed by atoms with Crippen molar-refractivity contribution in [3.05, 3.63) is 56.3 Å². The number of nitrogens with zero attached hydrogens (tertiary/aromatic N) is 3. The van der Waals surface area contributed by atoms with Gasteiger partial charge in [0.05, 0.1) is 22.1 Å². The maximum absolute atomic E-state index is 12.7. The summed E-state index contributed by atoms with van der Waals surface area (Å²) < 4.78 is 1.68. The van der Waals surface area contributed by atoms with Crippen molar-refractivity contribution in [2.75, 3.05) is 5.32 Å². The van der Waals surface area contributed by atoms with Crippen molar-refractivity contribution >= 4 is 34.5 Å². The van der Waals surface area contributed by atoms with Gasteiger partial charge in [-0.15, -0.1) is 0 Å². The van der Waals surface area contributed by atoms with Gasteiger partial charge in [0.15, 0.2) is 0 Å². The minimum Gasteiger partial charge on any atom is -0.321 e. The standard InChI is InChI=1S/C18H19ClN4OS/c1-9-6-7-14(10(2)8-9)21-17(24)16-12(4)20-18(25-16)23-13(5)15(19)11(3)22-23/h6-8H,1-5H3,(H,21,24). The second-order valence-electron chi connectivity index (χ2n) is 6.08. The fourth-order valence-electron chi connectivity index (χ4n) is 2.63. The molecule has 3 aromatic rings. The smallest absolute Gasteiger partial charge is 0.267 e. The molecule has 0 fully saturated rings. The second-order valence-corrected chi connectivity index (χ2v) is 7.44. The zero-order chi connectivity index (χ0) is 18.3. The molecular weight excluding hydrogens is 356 g/mol. The highest BCUT2D eigenvalue weighted by atomic mass is 35.5. The van der Waals surface area contributed by atoms with Crippen molar-refractivity contribution in [2.45, 2.75) is 34.6 Å². The molecule has 1 amide bonds. The fraction of sp³-hybridized carbons (Fsp3) is 0.278. The number of aryl methyl sites for hydroxylation is 4. The van der Waals surface area contributed by atoms with E-state index in [1.54, 1.807) is 4.68 Å². The average Bonchev–Trinajstić information content (AvgIpc) is 3.05. The third-order valence-corrected chi connectivity index (χ3v) is 5.68. The predicted octanol–water partition coefficient (Wildman–Crippen LogP) is 4.78. The molecule has 2 aromatic heterocycles. The first-order valence-corrected chi connectivity index (χ1v) is 9.05. The van der Waals surface area contributed by atoms with Crippen molar-refractivity contribution in [2.24, 2.45) is 0 Å². The summed E-state index contributed by atoms with van der Waals surface area (Å²) in [5.41, 5.74) is 5.22. The summed E-state index contributed by atoms with van der Waals surface area (Å²) in [4.78, 5) is 17.7. The Morgan fingerprint density at radius 2 is 1.88 bits per heavy atom. The first-order chi connectivity index (χ1) is 11.8. The van der Waals surface area contributed by atoms with E-state index < -0.39 is 0 Å². The maximum atomic E-state index is 12.7. The molecule has 0 unspecified atom stereocenters. The van der Waals surface area contributed by atoms with E-state index in [2.05, 4.69) is 15.4 Å². The topological polar surface area (TPSA) is 59.8 Å². The Bertz CT molecular complexity index is 974. The molecule has 0 aliphatic carbocycles. The Kier molecular flexibility index (Phi) is 4.67. The largest absolute Gasteiger partial charge is 0.321 e. The van der Waals surface area contributed by atoms with Gasteiger partial charge in [0.25, 0.3) is 5.91 Å². The number of benzene rings is 1. The average molecular weight is 375 g/mol. The highest BCUT2D eigenvalue weighted by molar-refractivity contribution is 7.16. The number of thiazole rings is 1. The normalized spacial score (nSPS) is 11.0. The Labute approximate surface area is 155 Å². The van der Waals surface area contributed by atoms with Gasteiger partial charge in [-0.2, -0.15) is 5.10 Å². The van der Waals surface area contributed by atoms with Crippen molar-refractivity contribution in [3.63, 3.8) is 0 Å².